The predicted octanol–water partition coefficient (Wildman–Crippen LogP) is 2.54. The number of thiophene rings is 1. The molecule has 1 amide bonds. The molecule has 0 bridgehead atoms. The van der Waals surface area contributed by atoms with Crippen LogP contribution in [0.5, 0.6) is 0 Å². The van der Waals surface area contributed by atoms with Gasteiger partial charge in [0.2, 0.25) is 5.91 Å². The van der Waals surface area contributed by atoms with Crippen LogP contribution in [-0.2, 0) is 14.8 Å². The Morgan fingerprint density at radius 1 is 1.11 bits per heavy atom. The second kappa shape index (κ2) is 8.59. The van der Waals surface area contributed by atoms with Crippen LogP contribution in [-0.4, -0.2) is 51.4 Å². The number of sulfonamides is 1. The lowest BCUT2D eigenvalue weighted by Crippen LogP contribution is -2.56. The van der Waals surface area contributed by atoms with Gasteiger partial charge < -0.3 is 9.80 Å². The van der Waals surface area contributed by atoms with Gasteiger partial charge in [0.05, 0.1) is 5.69 Å². The number of rotatable bonds is 6. The molecular weight excluding hydrogens is 401 g/mol. The molecule has 6 nitrogen and oxygen atoms in total. The topological polar surface area (TPSA) is 69.7 Å². The van der Waals surface area contributed by atoms with Gasteiger partial charge in [0.1, 0.15) is 16.1 Å². The van der Waals surface area contributed by atoms with Gasteiger partial charge in [-0.3, -0.25) is 4.79 Å². The number of nitrogens with one attached hydrogen (secondary N) is 1. The fourth-order valence-corrected chi connectivity index (χ4v) is 5.53. The normalized spacial score (nSPS) is 16.4. The van der Waals surface area contributed by atoms with E-state index in [0.29, 0.717) is 31.9 Å². The molecule has 3 rings (SSSR count). The summed E-state index contributed by atoms with van der Waals surface area (Å²) in [5, 5.41) is 1.68. The number of hydrogen-bond donors (Lipinski definition) is 1. The first-order chi connectivity index (χ1) is 13.3. The van der Waals surface area contributed by atoms with Crippen molar-refractivity contribution in [2.45, 2.75) is 24.1 Å². The minimum atomic E-state index is -3.74. The molecule has 1 aromatic heterocycles. The summed E-state index contributed by atoms with van der Waals surface area (Å²) in [4.78, 5) is 16.6. The SMILES string of the molecule is CC(C)C(NS(=O)(=O)c1cccs1)C(=O)N1CCN(c2ccccc2F)CC1. The lowest BCUT2D eigenvalue weighted by atomic mass is 10.0. The zero-order valence-electron chi connectivity index (χ0n) is 15.8. The van der Waals surface area contributed by atoms with Crippen molar-refractivity contribution < 1.29 is 17.6 Å². The summed E-state index contributed by atoms with van der Waals surface area (Å²) in [5.41, 5.74) is 0.522. The zero-order valence-corrected chi connectivity index (χ0v) is 17.5. The second-order valence-corrected chi connectivity index (χ2v) is 9.93. The van der Waals surface area contributed by atoms with E-state index in [9.17, 15) is 17.6 Å². The van der Waals surface area contributed by atoms with E-state index in [1.165, 1.54) is 12.1 Å². The summed E-state index contributed by atoms with van der Waals surface area (Å²) >= 11 is 1.11. The quantitative estimate of drug-likeness (QED) is 0.772. The van der Waals surface area contributed by atoms with Gasteiger partial charge in [-0.05, 0) is 29.5 Å². The number of carbonyl (C=O) groups is 1. The minimum Gasteiger partial charge on any atom is -0.366 e. The zero-order chi connectivity index (χ0) is 20.3. The largest absolute Gasteiger partial charge is 0.366 e. The van der Waals surface area contributed by atoms with Gasteiger partial charge in [-0.25, -0.2) is 12.8 Å². The molecule has 1 atom stereocenters. The molecule has 1 aliphatic rings. The molecule has 1 aliphatic heterocycles. The molecular formula is C19H24FN3O3S2. The summed E-state index contributed by atoms with van der Waals surface area (Å²) in [5.74, 6) is -0.735. The first-order valence-corrected chi connectivity index (χ1v) is 11.5. The fourth-order valence-electron chi connectivity index (χ4n) is 3.19. The number of anilines is 1. The van der Waals surface area contributed by atoms with E-state index in [1.54, 1.807) is 34.5 Å². The van der Waals surface area contributed by atoms with Crippen molar-refractivity contribution in [2.24, 2.45) is 5.92 Å². The molecule has 2 heterocycles. The van der Waals surface area contributed by atoms with Crippen LogP contribution in [0.25, 0.3) is 0 Å². The van der Waals surface area contributed by atoms with E-state index in [2.05, 4.69) is 4.72 Å². The highest BCUT2D eigenvalue weighted by Crippen LogP contribution is 2.22. The molecule has 1 unspecified atom stereocenters. The summed E-state index contributed by atoms with van der Waals surface area (Å²) < 4.78 is 41.8. The van der Waals surface area contributed by atoms with E-state index < -0.39 is 16.1 Å². The number of nitrogens with zero attached hydrogens (tertiary/aromatic N) is 2. The number of benzene rings is 1. The average molecular weight is 426 g/mol. The Hall–Kier alpha value is -1.97. The van der Waals surface area contributed by atoms with E-state index in [-0.39, 0.29) is 21.9 Å². The van der Waals surface area contributed by atoms with Crippen LogP contribution in [0.3, 0.4) is 0 Å². The van der Waals surface area contributed by atoms with Crippen molar-refractivity contribution in [3.63, 3.8) is 0 Å². The van der Waals surface area contributed by atoms with Crippen molar-refractivity contribution >= 4 is 33.0 Å². The van der Waals surface area contributed by atoms with Crippen LogP contribution in [0.4, 0.5) is 10.1 Å². The van der Waals surface area contributed by atoms with Crippen LogP contribution in [0.1, 0.15) is 13.8 Å². The Morgan fingerprint density at radius 3 is 2.36 bits per heavy atom. The van der Waals surface area contributed by atoms with Gasteiger partial charge >= 0.3 is 0 Å². The number of hydrogen-bond acceptors (Lipinski definition) is 5. The van der Waals surface area contributed by atoms with Gasteiger partial charge in [-0.15, -0.1) is 11.3 Å². The van der Waals surface area contributed by atoms with E-state index in [1.807, 2.05) is 18.7 Å². The fraction of sp³-hybridized carbons (Fsp3) is 0.421. The summed E-state index contributed by atoms with van der Waals surface area (Å²) in [6.07, 6.45) is 0. The lowest BCUT2D eigenvalue weighted by molar-refractivity contribution is -0.134. The van der Waals surface area contributed by atoms with Crippen molar-refractivity contribution in [1.29, 1.82) is 0 Å². The average Bonchev–Trinajstić information content (AvgIpc) is 3.22. The molecule has 1 fully saturated rings. The van der Waals surface area contributed by atoms with Crippen LogP contribution in [0.15, 0.2) is 46.0 Å². The highest BCUT2D eigenvalue weighted by Gasteiger charge is 2.33. The first-order valence-electron chi connectivity index (χ1n) is 9.13. The van der Waals surface area contributed by atoms with E-state index >= 15 is 0 Å². The molecule has 1 aromatic carbocycles. The maximum absolute atomic E-state index is 14.0. The third-order valence-electron chi connectivity index (χ3n) is 4.76. The Kier molecular flexibility index (Phi) is 6.36. The molecule has 0 saturated carbocycles. The highest BCUT2D eigenvalue weighted by atomic mass is 32.2. The van der Waals surface area contributed by atoms with Gasteiger partial charge in [0, 0.05) is 26.2 Å². The molecule has 152 valence electrons. The third kappa shape index (κ3) is 4.53. The number of halogens is 1. The van der Waals surface area contributed by atoms with Gasteiger partial charge in [0.15, 0.2) is 0 Å². The smallest absolute Gasteiger partial charge is 0.250 e. The van der Waals surface area contributed by atoms with Gasteiger partial charge in [-0.2, -0.15) is 4.72 Å². The molecule has 28 heavy (non-hydrogen) atoms. The van der Waals surface area contributed by atoms with Crippen molar-refractivity contribution in [1.82, 2.24) is 9.62 Å². The summed E-state index contributed by atoms with van der Waals surface area (Å²) in [7, 11) is -3.74. The molecule has 0 spiro atoms. The number of piperazine rings is 1. The predicted molar refractivity (Wildman–Crippen MR) is 108 cm³/mol. The maximum Gasteiger partial charge on any atom is 0.250 e. The first kappa shape index (κ1) is 20.8. The van der Waals surface area contributed by atoms with E-state index in [0.717, 1.165) is 11.3 Å². The van der Waals surface area contributed by atoms with Gasteiger partial charge in [-0.1, -0.05) is 32.0 Å². The van der Waals surface area contributed by atoms with Crippen molar-refractivity contribution in [2.75, 3.05) is 31.1 Å². The van der Waals surface area contributed by atoms with Crippen LogP contribution >= 0.6 is 11.3 Å². The Balaban J connectivity index is 1.67. The lowest BCUT2D eigenvalue weighted by Gasteiger charge is -2.38. The molecule has 1 saturated heterocycles. The second-order valence-electron chi connectivity index (χ2n) is 7.04. The van der Waals surface area contributed by atoms with Crippen molar-refractivity contribution in [3.8, 4) is 0 Å². The highest BCUT2D eigenvalue weighted by molar-refractivity contribution is 7.91. The van der Waals surface area contributed by atoms with Crippen LogP contribution in [0.2, 0.25) is 0 Å². The molecule has 2 aromatic rings. The third-order valence-corrected chi connectivity index (χ3v) is 7.60. The Bertz CT molecular complexity index is 908. The van der Waals surface area contributed by atoms with Crippen LogP contribution in [0, 0.1) is 11.7 Å². The van der Waals surface area contributed by atoms with E-state index in [4.69, 9.17) is 0 Å². The number of carbonyl (C=O) groups excluding carboxylic acids is 1. The summed E-state index contributed by atoms with van der Waals surface area (Å²) in [6, 6.07) is 8.90. The Morgan fingerprint density at radius 2 is 1.79 bits per heavy atom. The minimum absolute atomic E-state index is 0.190. The standard InChI is InChI=1S/C19H24FN3O3S2/c1-14(2)18(21-28(25,26)17-8-5-13-27-17)19(24)23-11-9-22(10-12-23)16-7-4-3-6-15(16)20/h3-8,13-14,18,21H,9-12H2,1-2H3. The number of para-hydroxylation sites is 1. The molecule has 0 aliphatic carbocycles. The molecule has 1 N–H and O–H groups in total. The Labute approximate surface area is 169 Å². The monoisotopic (exact) mass is 425 g/mol. The number of amides is 1. The maximum atomic E-state index is 14.0. The molecule has 9 heteroatoms. The van der Waals surface area contributed by atoms with Crippen molar-refractivity contribution in [3.05, 3.63) is 47.6 Å². The molecule has 0 radical (unpaired) electrons. The van der Waals surface area contributed by atoms with Gasteiger partial charge in [0.25, 0.3) is 10.0 Å². The van der Waals surface area contributed by atoms with Crippen LogP contribution < -0.4 is 9.62 Å². The summed E-state index contributed by atoms with van der Waals surface area (Å²) in [6.45, 7) is 5.45.